The van der Waals surface area contributed by atoms with E-state index in [0.29, 0.717) is 5.56 Å². The van der Waals surface area contributed by atoms with Crippen LogP contribution in [0.15, 0.2) is 30.5 Å². The van der Waals surface area contributed by atoms with Gasteiger partial charge in [-0.3, -0.25) is 4.79 Å². The maximum absolute atomic E-state index is 11.7. The smallest absolute Gasteiger partial charge is 0.251 e. The number of sulfonamides is 1. The molecule has 7 heteroatoms. The molecule has 0 aliphatic heterocycles. The van der Waals surface area contributed by atoms with Crippen LogP contribution in [0.25, 0.3) is 10.9 Å². The molecule has 1 aromatic heterocycles. The summed E-state index contributed by atoms with van der Waals surface area (Å²) < 4.78 is 21.4. The Hall–Kier alpha value is -1.86. The monoisotopic (exact) mass is 267 g/mol. The first-order valence-electron chi connectivity index (χ1n) is 5.31. The number of aromatic nitrogens is 1. The Balaban J connectivity index is 2.04. The normalized spacial score (nSPS) is 11.6. The lowest BCUT2D eigenvalue weighted by Gasteiger charge is -2.04. The van der Waals surface area contributed by atoms with Gasteiger partial charge in [0, 0.05) is 23.8 Å². The van der Waals surface area contributed by atoms with Crippen molar-refractivity contribution in [1.82, 2.24) is 10.3 Å². The van der Waals surface area contributed by atoms with Gasteiger partial charge in [0.05, 0.1) is 5.75 Å². The number of aromatic amines is 1. The molecule has 18 heavy (non-hydrogen) atoms. The number of hydrogen-bond acceptors (Lipinski definition) is 3. The lowest BCUT2D eigenvalue weighted by Crippen LogP contribution is -2.31. The van der Waals surface area contributed by atoms with E-state index in [0.717, 1.165) is 10.9 Å². The van der Waals surface area contributed by atoms with Crippen LogP contribution in [0, 0.1) is 0 Å². The molecule has 0 bridgehead atoms. The molecular formula is C11H13N3O3S. The van der Waals surface area contributed by atoms with Gasteiger partial charge in [-0.2, -0.15) is 0 Å². The van der Waals surface area contributed by atoms with Gasteiger partial charge in [-0.25, -0.2) is 13.6 Å². The number of benzene rings is 1. The van der Waals surface area contributed by atoms with Gasteiger partial charge in [0.1, 0.15) is 0 Å². The molecule has 1 heterocycles. The lowest BCUT2D eigenvalue weighted by molar-refractivity contribution is 0.0956. The molecule has 2 rings (SSSR count). The zero-order valence-corrected chi connectivity index (χ0v) is 10.3. The number of carbonyl (C=O) groups is 1. The molecule has 0 atom stereocenters. The van der Waals surface area contributed by atoms with Gasteiger partial charge in [0.25, 0.3) is 5.91 Å². The van der Waals surface area contributed by atoms with E-state index >= 15 is 0 Å². The highest BCUT2D eigenvalue weighted by molar-refractivity contribution is 7.89. The van der Waals surface area contributed by atoms with Crippen LogP contribution in [0.4, 0.5) is 0 Å². The van der Waals surface area contributed by atoms with Gasteiger partial charge >= 0.3 is 0 Å². The molecule has 0 fully saturated rings. The summed E-state index contributed by atoms with van der Waals surface area (Å²) in [6.45, 7) is 0.000427. The fourth-order valence-electron chi connectivity index (χ4n) is 1.60. The minimum Gasteiger partial charge on any atom is -0.361 e. The van der Waals surface area contributed by atoms with Crippen molar-refractivity contribution in [2.75, 3.05) is 12.3 Å². The number of primary sulfonamides is 1. The molecule has 0 aliphatic rings. The van der Waals surface area contributed by atoms with Crippen molar-refractivity contribution in [3.05, 3.63) is 36.0 Å². The van der Waals surface area contributed by atoms with Gasteiger partial charge in [-0.15, -0.1) is 0 Å². The fourth-order valence-corrected chi connectivity index (χ4v) is 1.98. The van der Waals surface area contributed by atoms with E-state index in [2.05, 4.69) is 10.3 Å². The molecule has 1 amide bonds. The lowest BCUT2D eigenvalue weighted by atomic mass is 10.1. The van der Waals surface area contributed by atoms with E-state index < -0.39 is 10.0 Å². The summed E-state index contributed by atoms with van der Waals surface area (Å²) in [7, 11) is -3.55. The van der Waals surface area contributed by atoms with Crippen LogP contribution in [0.5, 0.6) is 0 Å². The van der Waals surface area contributed by atoms with Crippen LogP contribution in [-0.2, 0) is 10.0 Å². The van der Waals surface area contributed by atoms with Crippen LogP contribution in [0.2, 0.25) is 0 Å². The highest BCUT2D eigenvalue weighted by Gasteiger charge is 2.08. The Morgan fingerprint density at radius 2 is 2.11 bits per heavy atom. The average Bonchev–Trinajstić information content (AvgIpc) is 2.73. The Labute approximate surface area is 104 Å². The second kappa shape index (κ2) is 4.79. The third-order valence-electron chi connectivity index (χ3n) is 2.49. The van der Waals surface area contributed by atoms with E-state index in [1.165, 1.54) is 0 Å². The summed E-state index contributed by atoms with van der Waals surface area (Å²) in [6.07, 6.45) is 1.79. The predicted molar refractivity (Wildman–Crippen MR) is 68.6 cm³/mol. The fraction of sp³-hybridized carbons (Fsp3) is 0.182. The van der Waals surface area contributed by atoms with Crippen molar-refractivity contribution in [3.8, 4) is 0 Å². The van der Waals surface area contributed by atoms with E-state index in [1.807, 2.05) is 12.1 Å². The predicted octanol–water partition coefficient (Wildman–Crippen LogP) is 0.186. The molecule has 0 aliphatic carbocycles. The first-order chi connectivity index (χ1) is 8.46. The average molecular weight is 267 g/mol. The van der Waals surface area contributed by atoms with Crippen LogP contribution in [-0.4, -0.2) is 31.6 Å². The molecule has 0 unspecified atom stereocenters. The van der Waals surface area contributed by atoms with E-state index in [4.69, 9.17) is 5.14 Å². The van der Waals surface area contributed by atoms with Crippen molar-refractivity contribution >= 4 is 26.8 Å². The summed E-state index contributed by atoms with van der Waals surface area (Å²) in [5, 5.41) is 8.35. The molecule has 0 saturated heterocycles. The van der Waals surface area contributed by atoms with Gasteiger partial charge in [-0.05, 0) is 23.6 Å². The third kappa shape index (κ3) is 3.08. The Morgan fingerprint density at radius 3 is 2.83 bits per heavy atom. The van der Waals surface area contributed by atoms with E-state index in [1.54, 1.807) is 18.3 Å². The maximum atomic E-state index is 11.7. The molecule has 0 spiro atoms. The van der Waals surface area contributed by atoms with Crippen molar-refractivity contribution in [2.24, 2.45) is 5.14 Å². The SMILES string of the molecule is NS(=O)(=O)CCNC(=O)c1ccc2cc[nH]c2c1. The zero-order chi connectivity index (χ0) is 13.2. The topological polar surface area (TPSA) is 105 Å². The summed E-state index contributed by atoms with van der Waals surface area (Å²) in [5.41, 5.74) is 1.33. The number of fused-ring (bicyclic) bond motifs is 1. The highest BCUT2D eigenvalue weighted by Crippen LogP contribution is 2.13. The van der Waals surface area contributed by atoms with Crippen molar-refractivity contribution in [1.29, 1.82) is 0 Å². The molecule has 0 radical (unpaired) electrons. The second-order valence-electron chi connectivity index (χ2n) is 3.90. The van der Waals surface area contributed by atoms with Crippen LogP contribution >= 0.6 is 0 Å². The van der Waals surface area contributed by atoms with E-state index in [-0.39, 0.29) is 18.2 Å². The summed E-state index contributed by atoms with van der Waals surface area (Å²) in [5.74, 6) is -0.598. The van der Waals surface area contributed by atoms with Gasteiger partial charge in [0.15, 0.2) is 0 Å². The first kappa shape index (κ1) is 12.6. The number of H-pyrrole nitrogens is 1. The Morgan fingerprint density at radius 1 is 1.33 bits per heavy atom. The second-order valence-corrected chi connectivity index (χ2v) is 5.64. The zero-order valence-electron chi connectivity index (χ0n) is 9.51. The quantitative estimate of drug-likeness (QED) is 0.736. The standard InChI is InChI=1S/C11H13N3O3S/c12-18(16,17)6-5-14-11(15)9-2-1-8-3-4-13-10(8)7-9/h1-4,7,13H,5-6H2,(H,14,15)(H2,12,16,17). The molecule has 0 saturated carbocycles. The van der Waals surface area contributed by atoms with Gasteiger partial charge in [-0.1, -0.05) is 6.07 Å². The van der Waals surface area contributed by atoms with Crippen LogP contribution in [0.3, 0.4) is 0 Å². The molecule has 2 aromatic rings. The summed E-state index contributed by atoms with van der Waals surface area (Å²) >= 11 is 0. The Kier molecular flexibility index (Phi) is 3.35. The summed E-state index contributed by atoms with van der Waals surface area (Å²) in [4.78, 5) is 14.7. The number of nitrogens with two attached hydrogens (primary N) is 1. The van der Waals surface area contributed by atoms with Crippen molar-refractivity contribution in [3.63, 3.8) is 0 Å². The molecule has 96 valence electrons. The largest absolute Gasteiger partial charge is 0.361 e. The number of carbonyl (C=O) groups excluding carboxylic acids is 1. The molecule has 1 aromatic carbocycles. The molecule has 6 nitrogen and oxygen atoms in total. The molecule has 4 N–H and O–H groups in total. The highest BCUT2D eigenvalue weighted by atomic mass is 32.2. The summed E-state index contributed by atoms with van der Waals surface area (Å²) in [6, 6.07) is 7.11. The van der Waals surface area contributed by atoms with Crippen molar-refractivity contribution in [2.45, 2.75) is 0 Å². The van der Waals surface area contributed by atoms with Crippen LogP contribution < -0.4 is 10.5 Å². The number of hydrogen-bond donors (Lipinski definition) is 3. The van der Waals surface area contributed by atoms with Gasteiger partial charge < -0.3 is 10.3 Å². The first-order valence-corrected chi connectivity index (χ1v) is 7.03. The minimum absolute atomic E-state index is 0.000427. The number of nitrogens with one attached hydrogen (secondary N) is 2. The molecular weight excluding hydrogens is 254 g/mol. The number of amides is 1. The Bertz CT molecular complexity index is 676. The number of rotatable bonds is 4. The van der Waals surface area contributed by atoms with Gasteiger partial charge in [0.2, 0.25) is 10.0 Å². The third-order valence-corrected chi connectivity index (χ3v) is 3.26. The van der Waals surface area contributed by atoms with Crippen LogP contribution in [0.1, 0.15) is 10.4 Å². The van der Waals surface area contributed by atoms with E-state index in [9.17, 15) is 13.2 Å². The van der Waals surface area contributed by atoms with Crippen molar-refractivity contribution < 1.29 is 13.2 Å². The maximum Gasteiger partial charge on any atom is 0.251 e. The minimum atomic E-state index is -3.55.